The summed E-state index contributed by atoms with van der Waals surface area (Å²) < 4.78 is 1.97. The van der Waals surface area contributed by atoms with Crippen LogP contribution >= 0.6 is 0 Å². The van der Waals surface area contributed by atoms with Crippen molar-refractivity contribution in [3.63, 3.8) is 0 Å². The smallest absolute Gasteiger partial charge is 0.336 e. The van der Waals surface area contributed by atoms with Gasteiger partial charge in [0.2, 0.25) is 0 Å². The lowest BCUT2D eigenvalue weighted by Crippen LogP contribution is -2.48. The number of amides is 2. The van der Waals surface area contributed by atoms with Crippen LogP contribution in [0.3, 0.4) is 0 Å². The van der Waals surface area contributed by atoms with Gasteiger partial charge in [-0.25, -0.2) is 9.86 Å². The van der Waals surface area contributed by atoms with Gasteiger partial charge in [0, 0.05) is 6.54 Å². The largest absolute Gasteiger partial charge is 0.349 e. The van der Waals surface area contributed by atoms with Gasteiger partial charge < -0.3 is 4.57 Å². The van der Waals surface area contributed by atoms with Gasteiger partial charge in [-0.05, 0) is 5.56 Å². The van der Waals surface area contributed by atoms with Crippen LogP contribution in [0.15, 0.2) is 30.3 Å². The van der Waals surface area contributed by atoms with Gasteiger partial charge in [-0.3, -0.25) is 4.84 Å². The van der Waals surface area contributed by atoms with E-state index in [4.69, 9.17) is 4.84 Å². The van der Waals surface area contributed by atoms with Crippen LogP contribution in [0, 0.1) is 0 Å². The number of urea groups is 1. The summed E-state index contributed by atoms with van der Waals surface area (Å²) in [7, 11) is -1.58. The molecule has 0 radical (unpaired) electrons. The maximum absolute atomic E-state index is 12.1. The number of carbonyl (C=O) groups excluding carboxylic acids is 1. The Labute approximate surface area is 109 Å². The Kier molecular flexibility index (Phi) is 3.73. The van der Waals surface area contributed by atoms with Gasteiger partial charge in [0.1, 0.15) is 6.61 Å². The molecular weight excluding hydrogens is 244 g/mol. The van der Waals surface area contributed by atoms with Gasteiger partial charge in [-0.1, -0.05) is 50.0 Å². The molecule has 1 fully saturated rings. The Hall–Kier alpha value is -1.33. The van der Waals surface area contributed by atoms with Crippen LogP contribution in [0.1, 0.15) is 5.56 Å². The van der Waals surface area contributed by atoms with Crippen molar-refractivity contribution in [3.05, 3.63) is 35.9 Å². The van der Waals surface area contributed by atoms with E-state index in [0.717, 1.165) is 12.1 Å². The molecule has 0 atom stereocenters. The lowest BCUT2D eigenvalue weighted by Gasteiger charge is -2.29. The third-order valence-corrected chi connectivity index (χ3v) is 5.04. The maximum atomic E-state index is 12.1. The summed E-state index contributed by atoms with van der Waals surface area (Å²) in [6.45, 7) is 8.41. The van der Waals surface area contributed by atoms with E-state index in [1.165, 1.54) is 5.06 Å². The van der Waals surface area contributed by atoms with Crippen molar-refractivity contribution in [2.45, 2.75) is 26.2 Å². The van der Waals surface area contributed by atoms with Crippen LogP contribution in [0.4, 0.5) is 4.79 Å². The van der Waals surface area contributed by atoms with Crippen molar-refractivity contribution in [1.82, 2.24) is 9.63 Å². The second kappa shape index (κ2) is 5.12. The summed E-state index contributed by atoms with van der Waals surface area (Å²) in [5.74, 6) is 0. The SMILES string of the molecule is C[Si](C)(C)N1CCN(OCc2ccccc2)C1=O. The number of nitrogens with zero attached hydrogens (tertiary/aromatic N) is 2. The molecule has 0 spiro atoms. The molecule has 18 heavy (non-hydrogen) atoms. The lowest BCUT2D eigenvalue weighted by molar-refractivity contribution is -0.116. The molecule has 98 valence electrons. The molecule has 0 saturated carbocycles. The highest BCUT2D eigenvalue weighted by atomic mass is 28.3. The Morgan fingerprint density at radius 1 is 1.17 bits per heavy atom. The highest BCUT2D eigenvalue weighted by Crippen LogP contribution is 2.18. The quantitative estimate of drug-likeness (QED) is 0.783. The predicted molar refractivity (Wildman–Crippen MR) is 73.4 cm³/mol. The van der Waals surface area contributed by atoms with E-state index in [1.54, 1.807) is 0 Å². The molecular formula is C13H20N2O2Si. The summed E-state index contributed by atoms with van der Waals surface area (Å²) in [6, 6.07) is 9.92. The summed E-state index contributed by atoms with van der Waals surface area (Å²) in [4.78, 5) is 17.7. The van der Waals surface area contributed by atoms with Crippen molar-refractivity contribution in [2.24, 2.45) is 0 Å². The Morgan fingerprint density at radius 3 is 2.39 bits per heavy atom. The standard InChI is InChI=1S/C13H20N2O2Si/c1-18(2,3)15-10-9-14(13(15)16)17-11-12-7-5-4-6-8-12/h4-8H,9-11H2,1-3H3. The van der Waals surface area contributed by atoms with Crippen LogP contribution in [0.25, 0.3) is 0 Å². The molecule has 0 aromatic heterocycles. The Morgan fingerprint density at radius 2 is 1.83 bits per heavy atom. The van der Waals surface area contributed by atoms with Crippen LogP contribution in [0.2, 0.25) is 19.6 Å². The van der Waals surface area contributed by atoms with Crippen molar-refractivity contribution in [2.75, 3.05) is 13.1 Å². The lowest BCUT2D eigenvalue weighted by atomic mass is 10.2. The molecule has 1 heterocycles. The van der Waals surface area contributed by atoms with Crippen LogP contribution < -0.4 is 0 Å². The number of benzene rings is 1. The van der Waals surface area contributed by atoms with Gasteiger partial charge in [-0.15, -0.1) is 0 Å². The predicted octanol–water partition coefficient (Wildman–Crippen LogP) is 2.69. The van der Waals surface area contributed by atoms with Crippen molar-refractivity contribution < 1.29 is 9.63 Å². The summed E-state index contributed by atoms with van der Waals surface area (Å²) >= 11 is 0. The molecule has 0 aliphatic carbocycles. The number of hydrogen-bond acceptors (Lipinski definition) is 2. The average Bonchev–Trinajstić information content (AvgIpc) is 2.69. The first-order chi connectivity index (χ1) is 8.48. The molecule has 4 nitrogen and oxygen atoms in total. The van der Waals surface area contributed by atoms with Crippen molar-refractivity contribution >= 4 is 14.3 Å². The van der Waals surface area contributed by atoms with Crippen LogP contribution in [0.5, 0.6) is 0 Å². The second-order valence-corrected chi connectivity index (χ2v) is 10.3. The summed E-state index contributed by atoms with van der Waals surface area (Å²) in [5, 5.41) is 1.49. The molecule has 0 bridgehead atoms. The number of hydrogen-bond donors (Lipinski definition) is 0. The summed E-state index contributed by atoms with van der Waals surface area (Å²) in [5.41, 5.74) is 1.08. The van der Waals surface area contributed by atoms with E-state index in [9.17, 15) is 4.79 Å². The third-order valence-electron chi connectivity index (χ3n) is 3.01. The van der Waals surface area contributed by atoms with E-state index in [1.807, 2.05) is 34.9 Å². The van der Waals surface area contributed by atoms with E-state index in [0.29, 0.717) is 13.2 Å². The molecule has 2 amide bonds. The van der Waals surface area contributed by atoms with Crippen molar-refractivity contribution in [1.29, 1.82) is 0 Å². The van der Waals surface area contributed by atoms with E-state index < -0.39 is 8.24 Å². The maximum Gasteiger partial charge on any atom is 0.336 e. The first-order valence-electron chi connectivity index (χ1n) is 6.24. The van der Waals surface area contributed by atoms with E-state index in [2.05, 4.69) is 19.6 Å². The molecule has 2 rings (SSSR count). The number of hydroxylamine groups is 2. The highest BCUT2D eigenvalue weighted by molar-refractivity contribution is 6.75. The highest BCUT2D eigenvalue weighted by Gasteiger charge is 2.37. The zero-order valence-electron chi connectivity index (χ0n) is 11.2. The fourth-order valence-electron chi connectivity index (χ4n) is 1.99. The van der Waals surface area contributed by atoms with Gasteiger partial charge >= 0.3 is 6.03 Å². The van der Waals surface area contributed by atoms with Gasteiger partial charge in [0.15, 0.2) is 8.24 Å². The first kappa shape index (κ1) is 13.1. The second-order valence-electron chi connectivity index (χ2n) is 5.47. The minimum atomic E-state index is -1.58. The fourth-order valence-corrected chi connectivity index (χ4v) is 3.44. The Balaban J connectivity index is 1.91. The van der Waals surface area contributed by atoms with Gasteiger partial charge in [0.25, 0.3) is 0 Å². The summed E-state index contributed by atoms with van der Waals surface area (Å²) in [6.07, 6.45) is 0. The zero-order chi connectivity index (χ0) is 13.2. The van der Waals surface area contributed by atoms with Crippen LogP contribution in [-0.2, 0) is 11.4 Å². The third kappa shape index (κ3) is 2.91. The topological polar surface area (TPSA) is 32.8 Å². The van der Waals surface area contributed by atoms with Gasteiger partial charge in [0.05, 0.1) is 6.54 Å². The number of rotatable bonds is 4. The number of carbonyl (C=O) groups is 1. The first-order valence-corrected chi connectivity index (χ1v) is 9.69. The van der Waals surface area contributed by atoms with Crippen LogP contribution in [-0.4, -0.2) is 37.0 Å². The molecule has 0 N–H and O–H groups in total. The minimum Gasteiger partial charge on any atom is -0.349 e. The minimum absolute atomic E-state index is 0.0186. The molecule has 1 aliphatic heterocycles. The molecule has 0 unspecified atom stereocenters. The molecule has 5 heteroatoms. The van der Waals surface area contributed by atoms with E-state index in [-0.39, 0.29) is 6.03 Å². The van der Waals surface area contributed by atoms with E-state index >= 15 is 0 Å². The molecule has 1 aliphatic rings. The van der Waals surface area contributed by atoms with Crippen molar-refractivity contribution in [3.8, 4) is 0 Å². The Bertz CT molecular complexity index is 417. The normalized spacial score (nSPS) is 16.5. The fraction of sp³-hybridized carbons (Fsp3) is 0.462. The molecule has 1 aromatic rings. The average molecular weight is 264 g/mol. The van der Waals surface area contributed by atoms with Gasteiger partial charge in [-0.2, -0.15) is 0 Å². The molecule has 1 aromatic carbocycles. The monoisotopic (exact) mass is 264 g/mol. The zero-order valence-corrected chi connectivity index (χ0v) is 12.2. The molecule has 1 saturated heterocycles.